The number of nitrogens with one attached hydrogen (secondary N) is 3. The number of halogens is 3. The van der Waals surface area contributed by atoms with Gasteiger partial charge in [0.15, 0.2) is 5.76 Å². The Balaban J connectivity index is 1.53. The molecular formula is C26H26F3N7O5. The van der Waals surface area contributed by atoms with Crippen LogP contribution in [-0.2, 0) is 30.3 Å². The molecule has 12 nitrogen and oxygen atoms in total. The summed E-state index contributed by atoms with van der Waals surface area (Å²) in [5.41, 5.74) is 3.07. The number of nitrogens with zero attached hydrogens (tertiary/aromatic N) is 4. The van der Waals surface area contributed by atoms with Gasteiger partial charge in [-0.2, -0.15) is 23.3 Å². The predicted molar refractivity (Wildman–Crippen MR) is 142 cm³/mol. The summed E-state index contributed by atoms with van der Waals surface area (Å²) in [7, 11) is 1.61. The Morgan fingerprint density at radius 1 is 1.17 bits per heavy atom. The van der Waals surface area contributed by atoms with Gasteiger partial charge in [-0.15, -0.1) is 0 Å². The quantitative estimate of drug-likeness (QED) is 0.174. The lowest BCUT2D eigenvalue weighted by Crippen LogP contribution is -2.28. The van der Waals surface area contributed by atoms with Gasteiger partial charge in [-0.25, -0.2) is 9.78 Å². The highest BCUT2D eigenvalue weighted by atomic mass is 19.4. The maximum atomic E-state index is 12.4. The van der Waals surface area contributed by atoms with Gasteiger partial charge < -0.3 is 30.2 Å². The molecule has 1 aliphatic rings. The smallest absolute Gasteiger partial charge is 0.415 e. The standard InChI is InChI=1S/C26H26F3N7O5/c1-16(41-24(38)26(27,28)29)23(37)33-19-5-3-4-18(12-19)32-22-21(17-6-9-40-10-7-17)14-30-25(35-22)34-20-13-31-36(15-20)8-11-39-2/h3-6,12-15H,1,7-11H2,2H3,(H,33,37)(H2,30,32,34,35). The van der Waals surface area contributed by atoms with E-state index in [2.05, 4.69) is 42.3 Å². The third-order valence-electron chi connectivity index (χ3n) is 5.60. The van der Waals surface area contributed by atoms with Gasteiger partial charge in [-0.05, 0) is 30.2 Å². The van der Waals surface area contributed by atoms with Crippen molar-refractivity contribution in [1.82, 2.24) is 19.7 Å². The van der Waals surface area contributed by atoms with Crippen LogP contribution in [0, 0.1) is 0 Å². The molecule has 3 aromatic rings. The summed E-state index contributed by atoms with van der Waals surface area (Å²) >= 11 is 0. The van der Waals surface area contributed by atoms with Crippen LogP contribution < -0.4 is 16.0 Å². The van der Waals surface area contributed by atoms with Crippen molar-refractivity contribution in [3.8, 4) is 0 Å². The van der Waals surface area contributed by atoms with E-state index in [1.54, 1.807) is 42.5 Å². The third-order valence-corrected chi connectivity index (χ3v) is 5.60. The summed E-state index contributed by atoms with van der Waals surface area (Å²) in [6.45, 7) is 5.16. The van der Waals surface area contributed by atoms with Gasteiger partial charge in [0.2, 0.25) is 5.95 Å². The topological polar surface area (TPSA) is 142 Å². The molecule has 15 heteroatoms. The average Bonchev–Trinajstić information content (AvgIpc) is 3.39. The van der Waals surface area contributed by atoms with Crippen molar-refractivity contribution < 1.29 is 37.0 Å². The minimum atomic E-state index is -5.26. The molecule has 0 saturated heterocycles. The number of amides is 1. The van der Waals surface area contributed by atoms with Gasteiger partial charge in [0.05, 0.1) is 38.2 Å². The van der Waals surface area contributed by atoms with E-state index in [1.165, 1.54) is 12.1 Å². The van der Waals surface area contributed by atoms with Gasteiger partial charge >= 0.3 is 12.1 Å². The Kier molecular flexibility index (Phi) is 9.31. The number of aromatic nitrogens is 4. The van der Waals surface area contributed by atoms with Crippen molar-refractivity contribution in [2.75, 3.05) is 42.9 Å². The number of ether oxygens (including phenoxy) is 3. The largest absolute Gasteiger partial charge is 0.491 e. The van der Waals surface area contributed by atoms with Crippen molar-refractivity contribution >= 4 is 46.3 Å². The summed E-state index contributed by atoms with van der Waals surface area (Å²) in [5.74, 6) is -3.92. The zero-order valence-corrected chi connectivity index (χ0v) is 21.8. The van der Waals surface area contributed by atoms with Crippen molar-refractivity contribution in [2.45, 2.75) is 19.1 Å². The molecule has 0 bridgehead atoms. The lowest BCUT2D eigenvalue weighted by Gasteiger charge is -2.18. The molecule has 0 saturated carbocycles. The second-order valence-electron chi connectivity index (χ2n) is 8.59. The zero-order valence-electron chi connectivity index (χ0n) is 21.8. The summed E-state index contributed by atoms with van der Waals surface area (Å²) in [4.78, 5) is 32.3. The lowest BCUT2D eigenvalue weighted by molar-refractivity contribution is -0.195. The van der Waals surface area contributed by atoms with Crippen LogP contribution in [0.25, 0.3) is 5.57 Å². The molecule has 1 amide bonds. The van der Waals surface area contributed by atoms with E-state index in [-0.39, 0.29) is 5.69 Å². The number of carbonyl (C=O) groups excluding carboxylic acids is 2. The van der Waals surface area contributed by atoms with Gasteiger partial charge in [0, 0.05) is 36.4 Å². The van der Waals surface area contributed by atoms with Gasteiger partial charge in [0.1, 0.15) is 5.82 Å². The number of anilines is 5. The van der Waals surface area contributed by atoms with E-state index in [0.29, 0.717) is 55.9 Å². The minimum Gasteiger partial charge on any atom is -0.415 e. The van der Waals surface area contributed by atoms with Crippen LogP contribution in [0.2, 0.25) is 0 Å². The van der Waals surface area contributed by atoms with Crippen LogP contribution >= 0.6 is 0 Å². The van der Waals surface area contributed by atoms with Gasteiger partial charge in [-0.1, -0.05) is 18.7 Å². The Labute approximate surface area is 232 Å². The third kappa shape index (κ3) is 8.12. The molecule has 2 aromatic heterocycles. The molecule has 0 atom stereocenters. The summed E-state index contributed by atoms with van der Waals surface area (Å²) in [6.07, 6.45) is 2.41. The first-order chi connectivity index (χ1) is 19.6. The van der Waals surface area contributed by atoms with Crippen molar-refractivity contribution in [2.24, 2.45) is 0 Å². The molecule has 0 unspecified atom stereocenters. The fraction of sp³-hybridized carbons (Fsp3) is 0.269. The molecule has 0 aliphatic carbocycles. The van der Waals surface area contributed by atoms with Gasteiger partial charge in [-0.3, -0.25) is 9.48 Å². The Morgan fingerprint density at radius 2 is 1.98 bits per heavy atom. The monoisotopic (exact) mass is 573 g/mol. The summed E-state index contributed by atoms with van der Waals surface area (Å²) in [5, 5.41) is 12.9. The molecule has 216 valence electrons. The molecule has 1 aromatic carbocycles. The first kappa shape index (κ1) is 29.2. The number of methoxy groups -OCH3 is 1. The van der Waals surface area contributed by atoms with E-state index < -0.39 is 23.8 Å². The van der Waals surface area contributed by atoms with Gasteiger partial charge in [0.25, 0.3) is 5.91 Å². The molecule has 3 heterocycles. The molecule has 3 N–H and O–H groups in total. The van der Waals surface area contributed by atoms with Crippen molar-refractivity contribution in [3.63, 3.8) is 0 Å². The minimum absolute atomic E-state index is 0.201. The van der Waals surface area contributed by atoms with Crippen LogP contribution in [0.4, 0.5) is 42.0 Å². The maximum Gasteiger partial charge on any atom is 0.491 e. The molecule has 4 rings (SSSR count). The van der Waals surface area contributed by atoms with Crippen molar-refractivity contribution in [3.05, 3.63) is 66.8 Å². The highest BCUT2D eigenvalue weighted by molar-refractivity contribution is 6.03. The highest BCUT2D eigenvalue weighted by Crippen LogP contribution is 2.30. The highest BCUT2D eigenvalue weighted by Gasteiger charge is 2.42. The molecule has 0 radical (unpaired) electrons. The number of hydrogen-bond donors (Lipinski definition) is 3. The molecule has 0 spiro atoms. The fourth-order valence-electron chi connectivity index (χ4n) is 3.64. The number of benzene rings is 1. The van der Waals surface area contributed by atoms with Crippen LogP contribution in [0.3, 0.4) is 0 Å². The Hall–Kier alpha value is -4.76. The van der Waals surface area contributed by atoms with Crippen LogP contribution in [0.1, 0.15) is 12.0 Å². The maximum absolute atomic E-state index is 12.4. The molecule has 0 fully saturated rings. The number of alkyl halides is 3. The van der Waals surface area contributed by atoms with Crippen LogP contribution in [-0.4, -0.2) is 64.7 Å². The van der Waals surface area contributed by atoms with E-state index in [1.807, 2.05) is 6.08 Å². The first-order valence-corrected chi connectivity index (χ1v) is 12.2. The Morgan fingerprint density at radius 3 is 2.71 bits per heavy atom. The second kappa shape index (κ2) is 13.1. The number of esters is 1. The van der Waals surface area contributed by atoms with Crippen LogP contribution in [0.15, 0.2) is 61.3 Å². The first-order valence-electron chi connectivity index (χ1n) is 12.2. The van der Waals surface area contributed by atoms with Crippen LogP contribution in [0.5, 0.6) is 0 Å². The molecule has 1 aliphatic heterocycles. The van der Waals surface area contributed by atoms with Crippen molar-refractivity contribution in [1.29, 1.82) is 0 Å². The van der Waals surface area contributed by atoms with E-state index in [0.717, 1.165) is 11.1 Å². The summed E-state index contributed by atoms with van der Waals surface area (Å²) in [6, 6.07) is 6.32. The number of hydrogen-bond acceptors (Lipinski definition) is 10. The Bertz CT molecular complexity index is 1460. The zero-order chi connectivity index (χ0) is 29.4. The SMILES string of the molecule is C=C(OC(=O)C(F)(F)F)C(=O)Nc1cccc(Nc2nc(Nc3cnn(CCOC)c3)ncc2C2=CCOCC2)c1. The normalized spacial score (nSPS) is 13.2. The molecule has 41 heavy (non-hydrogen) atoms. The lowest BCUT2D eigenvalue weighted by atomic mass is 10.0. The number of carbonyl (C=O) groups is 2. The fourth-order valence-corrected chi connectivity index (χ4v) is 3.64. The average molecular weight is 574 g/mol. The van der Waals surface area contributed by atoms with E-state index in [9.17, 15) is 22.8 Å². The van der Waals surface area contributed by atoms with E-state index >= 15 is 0 Å². The number of rotatable bonds is 11. The summed E-state index contributed by atoms with van der Waals surface area (Å²) < 4.78 is 53.5. The molecular weight excluding hydrogens is 547 g/mol. The second-order valence-corrected chi connectivity index (χ2v) is 8.59. The predicted octanol–water partition coefficient (Wildman–Crippen LogP) is 4.17. The van der Waals surface area contributed by atoms with E-state index in [4.69, 9.17) is 9.47 Å².